The molecule has 0 unspecified atom stereocenters. The molecule has 0 amide bonds. The average Bonchev–Trinajstić information content (AvgIpc) is 2.83. The lowest BCUT2D eigenvalue weighted by Crippen LogP contribution is -2.34. The van der Waals surface area contributed by atoms with Gasteiger partial charge in [0.25, 0.3) is 0 Å². The van der Waals surface area contributed by atoms with Crippen molar-refractivity contribution in [3.8, 4) is 11.6 Å². The first-order chi connectivity index (χ1) is 8.04. The lowest BCUT2D eigenvalue weighted by molar-refractivity contribution is 0.390. The van der Waals surface area contributed by atoms with Crippen molar-refractivity contribution < 1.29 is 8.94 Å². The molecule has 0 aliphatic rings. The van der Waals surface area contributed by atoms with Gasteiger partial charge in [0.1, 0.15) is 0 Å². The van der Waals surface area contributed by atoms with E-state index in [2.05, 4.69) is 10.1 Å². The minimum Gasteiger partial charge on any atom is -0.461 e. The normalized spacial score (nSPS) is 11.9. The van der Waals surface area contributed by atoms with Gasteiger partial charge in [-0.3, -0.25) is 0 Å². The minimum absolute atomic E-state index is 0.186. The smallest absolute Gasteiger partial charge is 0.238 e. The van der Waals surface area contributed by atoms with Crippen molar-refractivity contribution in [2.45, 2.75) is 25.1 Å². The largest absolute Gasteiger partial charge is 0.461 e. The predicted octanol–water partition coefficient (Wildman–Crippen LogP) is 2.30. The van der Waals surface area contributed by atoms with Crippen LogP contribution in [-0.4, -0.2) is 21.4 Å². The summed E-state index contributed by atoms with van der Waals surface area (Å²) in [7, 11) is 0. The minimum atomic E-state index is -0.186. The number of furan rings is 1. The van der Waals surface area contributed by atoms with Gasteiger partial charge in [-0.15, -0.1) is 0 Å². The molecular formula is C11H15N3O2S. The third-order valence-electron chi connectivity index (χ3n) is 1.91. The molecule has 2 aromatic heterocycles. The Balaban J connectivity index is 1.91. The van der Waals surface area contributed by atoms with E-state index >= 15 is 0 Å². The fraction of sp³-hybridized carbons (Fsp3) is 0.455. The van der Waals surface area contributed by atoms with E-state index in [9.17, 15) is 0 Å². The number of hydrogen-bond donors (Lipinski definition) is 1. The Morgan fingerprint density at radius 1 is 1.47 bits per heavy atom. The van der Waals surface area contributed by atoms with Gasteiger partial charge in [0.15, 0.2) is 5.76 Å². The van der Waals surface area contributed by atoms with Gasteiger partial charge in [-0.05, 0) is 26.0 Å². The number of nitrogens with two attached hydrogens (primary N) is 1. The maximum absolute atomic E-state index is 5.88. The van der Waals surface area contributed by atoms with Crippen LogP contribution in [0.3, 0.4) is 0 Å². The molecule has 2 aromatic rings. The first-order valence-corrected chi connectivity index (χ1v) is 6.43. The average molecular weight is 253 g/mol. The number of rotatable bonds is 5. The van der Waals surface area contributed by atoms with Crippen molar-refractivity contribution in [2.75, 3.05) is 5.75 Å². The fourth-order valence-electron chi connectivity index (χ4n) is 1.22. The van der Waals surface area contributed by atoms with Crippen LogP contribution in [0.5, 0.6) is 0 Å². The first kappa shape index (κ1) is 12.2. The summed E-state index contributed by atoms with van der Waals surface area (Å²) in [5, 5.41) is 3.85. The Hall–Kier alpha value is -1.27. The van der Waals surface area contributed by atoms with Crippen molar-refractivity contribution in [2.24, 2.45) is 5.73 Å². The molecule has 0 radical (unpaired) electrons. The van der Waals surface area contributed by atoms with Crippen LogP contribution in [-0.2, 0) is 5.75 Å². The molecule has 92 valence electrons. The molecule has 5 nitrogen and oxygen atoms in total. The van der Waals surface area contributed by atoms with Crippen molar-refractivity contribution in [1.29, 1.82) is 0 Å². The first-order valence-electron chi connectivity index (χ1n) is 5.28. The van der Waals surface area contributed by atoms with Gasteiger partial charge < -0.3 is 14.7 Å². The number of nitrogens with zero attached hydrogens (tertiary/aromatic N) is 2. The molecule has 0 atom stereocenters. The summed E-state index contributed by atoms with van der Waals surface area (Å²) in [4.78, 5) is 4.24. The van der Waals surface area contributed by atoms with Crippen LogP contribution >= 0.6 is 11.8 Å². The summed E-state index contributed by atoms with van der Waals surface area (Å²) in [6.07, 6.45) is 1.58. The van der Waals surface area contributed by atoms with Crippen LogP contribution in [0, 0.1) is 0 Å². The third kappa shape index (κ3) is 3.61. The van der Waals surface area contributed by atoms with E-state index in [1.165, 1.54) is 0 Å². The second-order valence-corrected chi connectivity index (χ2v) is 5.46. The van der Waals surface area contributed by atoms with Gasteiger partial charge in [0, 0.05) is 11.3 Å². The highest BCUT2D eigenvalue weighted by Crippen LogP contribution is 2.19. The Kier molecular flexibility index (Phi) is 3.54. The zero-order valence-electron chi connectivity index (χ0n) is 9.84. The standard InChI is InChI=1S/C11H15N3O2S/c1-11(2,12)7-17-6-9-13-10(14-16-9)8-4-3-5-15-8/h3-5H,6-7,12H2,1-2H3. The second-order valence-electron chi connectivity index (χ2n) is 4.47. The topological polar surface area (TPSA) is 78.1 Å². The lowest BCUT2D eigenvalue weighted by atomic mass is 10.1. The SMILES string of the molecule is CC(C)(N)CSCc1nc(-c2ccco2)no1. The Labute approximate surface area is 104 Å². The monoisotopic (exact) mass is 253 g/mol. The molecule has 0 saturated carbocycles. The van der Waals surface area contributed by atoms with Crippen LogP contribution in [0.1, 0.15) is 19.7 Å². The molecule has 6 heteroatoms. The maximum atomic E-state index is 5.88. The molecule has 0 aromatic carbocycles. The van der Waals surface area contributed by atoms with Gasteiger partial charge in [-0.2, -0.15) is 16.7 Å². The molecule has 17 heavy (non-hydrogen) atoms. The number of aromatic nitrogens is 2. The van der Waals surface area contributed by atoms with Crippen molar-refractivity contribution >= 4 is 11.8 Å². The zero-order valence-corrected chi connectivity index (χ0v) is 10.7. The predicted molar refractivity (Wildman–Crippen MR) is 66.4 cm³/mol. The highest BCUT2D eigenvalue weighted by atomic mass is 32.2. The molecular weight excluding hydrogens is 238 g/mol. The second kappa shape index (κ2) is 4.93. The molecule has 2 heterocycles. The Bertz CT molecular complexity index is 459. The van der Waals surface area contributed by atoms with Crippen molar-refractivity contribution in [1.82, 2.24) is 10.1 Å². The Morgan fingerprint density at radius 3 is 2.94 bits per heavy atom. The summed E-state index contributed by atoms with van der Waals surface area (Å²) in [5.41, 5.74) is 5.69. The van der Waals surface area contributed by atoms with E-state index in [1.54, 1.807) is 30.2 Å². The Morgan fingerprint density at radius 2 is 2.29 bits per heavy atom. The zero-order chi connectivity index (χ0) is 12.3. The van der Waals surface area contributed by atoms with Crippen LogP contribution in [0.15, 0.2) is 27.3 Å². The van der Waals surface area contributed by atoms with E-state index in [0.717, 1.165) is 5.75 Å². The van der Waals surface area contributed by atoms with Gasteiger partial charge in [0.2, 0.25) is 11.7 Å². The van der Waals surface area contributed by atoms with Crippen LogP contribution in [0.4, 0.5) is 0 Å². The molecule has 0 aliphatic carbocycles. The fourth-order valence-corrected chi connectivity index (χ4v) is 2.14. The summed E-state index contributed by atoms with van der Waals surface area (Å²) < 4.78 is 10.3. The van der Waals surface area contributed by atoms with Gasteiger partial charge >= 0.3 is 0 Å². The van der Waals surface area contributed by atoms with Crippen molar-refractivity contribution in [3.63, 3.8) is 0 Å². The van der Waals surface area contributed by atoms with Crippen molar-refractivity contribution in [3.05, 3.63) is 24.3 Å². The number of thioether (sulfide) groups is 1. The molecule has 0 bridgehead atoms. The molecule has 0 spiro atoms. The summed E-state index contributed by atoms with van der Waals surface area (Å²) in [5.74, 6) is 3.19. The van der Waals surface area contributed by atoms with Crippen LogP contribution in [0.2, 0.25) is 0 Å². The third-order valence-corrected chi connectivity index (χ3v) is 3.31. The molecule has 2 N–H and O–H groups in total. The molecule has 0 aliphatic heterocycles. The molecule has 2 rings (SSSR count). The molecule has 0 saturated heterocycles. The van der Waals surface area contributed by atoms with E-state index in [4.69, 9.17) is 14.7 Å². The summed E-state index contributed by atoms with van der Waals surface area (Å²) in [6, 6.07) is 3.59. The van der Waals surface area contributed by atoms with E-state index in [0.29, 0.717) is 23.2 Å². The van der Waals surface area contributed by atoms with E-state index in [1.807, 2.05) is 13.8 Å². The summed E-state index contributed by atoms with van der Waals surface area (Å²) >= 11 is 1.67. The van der Waals surface area contributed by atoms with Gasteiger partial charge in [0.05, 0.1) is 12.0 Å². The highest BCUT2D eigenvalue weighted by Gasteiger charge is 2.13. The number of hydrogen-bond acceptors (Lipinski definition) is 6. The lowest BCUT2D eigenvalue weighted by Gasteiger charge is -2.16. The maximum Gasteiger partial charge on any atom is 0.238 e. The van der Waals surface area contributed by atoms with Gasteiger partial charge in [-0.1, -0.05) is 5.16 Å². The van der Waals surface area contributed by atoms with Crippen LogP contribution in [0.25, 0.3) is 11.6 Å². The van der Waals surface area contributed by atoms with Crippen LogP contribution < -0.4 is 5.73 Å². The quantitative estimate of drug-likeness (QED) is 0.880. The highest BCUT2D eigenvalue weighted by molar-refractivity contribution is 7.98. The molecule has 0 fully saturated rings. The summed E-state index contributed by atoms with van der Waals surface area (Å²) in [6.45, 7) is 3.98. The van der Waals surface area contributed by atoms with E-state index < -0.39 is 0 Å². The van der Waals surface area contributed by atoms with E-state index in [-0.39, 0.29) is 5.54 Å². The van der Waals surface area contributed by atoms with Gasteiger partial charge in [-0.25, -0.2) is 0 Å².